The third-order valence-electron chi connectivity index (χ3n) is 3.25. The van der Waals surface area contributed by atoms with Crippen molar-refractivity contribution < 1.29 is 19.1 Å². The molecule has 0 aromatic heterocycles. The van der Waals surface area contributed by atoms with Gasteiger partial charge in [0.25, 0.3) is 0 Å². The molecule has 0 bridgehead atoms. The monoisotopic (exact) mass is 287 g/mol. The van der Waals surface area contributed by atoms with Crippen LogP contribution in [0.2, 0.25) is 0 Å². The fourth-order valence-corrected chi connectivity index (χ4v) is 2.19. The second-order valence-electron chi connectivity index (χ2n) is 4.85. The topological polar surface area (TPSA) is 79.9 Å². The fraction of sp³-hybridized carbons (Fsp3) is 0.846. The average molecular weight is 287 g/mol. The number of nitrogens with one attached hydrogen (secondary N) is 2. The highest BCUT2D eigenvalue weighted by Gasteiger charge is 2.35. The first-order valence-corrected chi connectivity index (χ1v) is 6.91. The van der Waals surface area contributed by atoms with Gasteiger partial charge in [-0.1, -0.05) is 6.92 Å². The molecule has 0 saturated carbocycles. The first-order chi connectivity index (χ1) is 9.60. The lowest BCUT2D eigenvalue weighted by Gasteiger charge is -2.23. The highest BCUT2D eigenvalue weighted by Crippen LogP contribution is 2.16. The van der Waals surface area contributed by atoms with E-state index in [1.54, 1.807) is 14.2 Å². The Balaban J connectivity index is 2.39. The predicted molar refractivity (Wildman–Crippen MR) is 74.3 cm³/mol. The zero-order valence-corrected chi connectivity index (χ0v) is 12.5. The molecular formula is C13H25N3O4. The number of likely N-dealkylation sites (N-methyl/N-ethyl adjacent to an activating group) is 2. The first-order valence-electron chi connectivity index (χ1n) is 6.91. The quantitative estimate of drug-likeness (QED) is 0.550. The minimum absolute atomic E-state index is 0.0338. The summed E-state index contributed by atoms with van der Waals surface area (Å²) in [7, 11) is 3.21. The van der Waals surface area contributed by atoms with E-state index in [1.165, 1.54) is 4.90 Å². The van der Waals surface area contributed by atoms with Gasteiger partial charge in [-0.3, -0.25) is 9.59 Å². The van der Waals surface area contributed by atoms with Gasteiger partial charge in [0.2, 0.25) is 11.8 Å². The van der Waals surface area contributed by atoms with E-state index in [-0.39, 0.29) is 30.3 Å². The van der Waals surface area contributed by atoms with Crippen molar-refractivity contribution in [1.29, 1.82) is 0 Å². The molecule has 1 aliphatic rings. The molecule has 1 rings (SSSR count). The third-order valence-corrected chi connectivity index (χ3v) is 3.25. The lowest BCUT2D eigenvalue weighted by Crippen LogP contribution is -2.47. The summed E-state index contributed by atoms with van der Waals surface area (Å²) < 4.78 is 10.2. The second kappa shape index (κ2) is 8.89. The van der Waals surface area contributed by atoms with E-state index in [1.807, 2.05) is 6.92 Å². The van der Waals surface area contributed by atoms with Crippen molar-refractivity contribution >= 4 is 11.8 Å². The Bertz CT molecular complexity index is 325. The lowest BCUT2D eigenvalue weighted by molar-refractivity contribution is -0.138. The van der Waals surface area contributed by atoms with Crippen LogP contribution >= 0.6 is 0 Å². The summed E-state index contributed by atoms with van der Waals surface area (Å²) in [6, 6.07) is 0.0338. The predicted octanol–water partition coefficient (Wildman–Crippen LogP) is -1.17. The van der Waals surface area contributed by atoms with Crippen molar-refractivity contribution in [2.75, 3.05) is 53.6 Å². The SMILES string of the molecule is CCNC1COCC1C(=O)N(C)CC(=O)NCCOC. The average Bonchev–Trinajstić information content (AvgIpc) is 2.86. The molecule has 0 radical (unpaired) electrons. The summed E-state index contributed by atoms with van der Waals surface area (Å²) in [4.78, 5) is 25.4. The molecule has 116 valence electrons. The molecule has 7 nitrogen and oxygen atoms in total. The van der Waals surface area contributed by atoms with Gasteiger partial charge in [0.05, 0.1) is 32.3 Å². The Morgan fingerprint density at radius 1 is 1.40 bits per heavy atom. The second-order valence-corrected chi connectivity index (χ2v) is 4.85. The summed E-state index contributed by atoms with van der Waals surface area (Å²) >= 11 is 0. The molecule has 20 heavy (non-hydrogen) atoms. The van der Waals surface area contributed by atoms with Crippen LogP contribution in [-0.2, 0) is 19.1 Å². The summed E-state index contributed by atoms with van der Waals surface area (Å²) in [5.41, 5.74) is 0. The molecule has 0 spiro atoms. The van der Waals surface area contributed by atoms with Gasteiger partial charge in [0.15, 0.2) is 0 Å². The van der Waals surface area contributed by atoms with Gasteiger partial charge in [-0.25, -0.2) is 0 Å². The molecule has 0 aromatic carbocycles. The van der Waals surface area contributed by atoms with Crippen LogP contribution < -0.4 is 10.6 Å². The number of rotatable bonds is 8. The van der Waals surface area contributed by atoms with E-state index in [4.69, 9.17) is 9.47 Å². The molecule has 1 heterocycles. The van der Waals surface area contributed by atoms with Crippen molar-refractivity contribution in [3.05, 3.63) is 0 Å². The van der Waals surface area contributed by atoms with Crippen LogP contribution in [-0.4, -0.2) is 76.4 Å². The van der Waals surface area contributed by atoms with E-state index < -0.39 is 0 Å². The summed E-state index contributed by atoms with van der Waals surface area (Å²) in [6.07, 6.45) is 0. The van der Waals surface area contributed by atoms with Gasteiger partial charge in [-0.15, -0.1) is 0 Å². The molecule has 2 unspecified atom stereocenters. The van der Waals surface area contributed by atoms with Crippen LogP contribution in [0.3, 0.4) is 0 Å². The number of hydrogen-bond donors (Lipinski definition) is 2. The number of carbonyl (C=O) groups is 2. The Hall–Kier alpha value is -1.18. The molecule has 1 saturated heterocycles. The molecule has 7 heteroatoms. The number of ether oxygens (including phenoxy) is 2. The summed E-state index contributed by atoms with van der Waals surface area (Å²) in [6.45, 7) is 4.69. The van der Waals surface area contributed by atoms with Gasteiger partial charge in [-0.2, -0.15) is 0 Å². The van der Waals surface area contributed by atoms with Crippen molar-refractivity contribution in [2.45, 2.75) is 13.0 Å². The van der Waals surface area contributed by atoms with Gasteiger partial charge >= 0.3 is 0 Å². The third kappa shape index (κ3) is 5.07. The van der Waals surface area contributed by atoms with Gasteiger partial charge in [0, 0.05) is 26.7 Å². The van der Waals surface area contributed by atoms with E-state index >= 15 is 0 Å². The zero-order valence-electron chi connectivity index (χ0n) is 12.5. The molecule has 0 aliphatic carbocycles. The summed E-state index contributed by atoms with van der Waals surface area (Å²) in [5.74, 6) is -0.459. The maximum absolute atomic E-state index is 12.3. The maximum atomic E-state index is 12.3. The molecule has 1 fully saturated rings. The standard InChI is InChI=1S/C13H25N3O4/c1-4-14-11-9-20-8-10(11)13(18)16(2)7-12(17)15-5-6-19-3/h10-11,14H,4-9H2,1-3H3,(H,15,17). The number of amides is 2. The first kappa shape index (κ1) is 16.9. The normalized spacial score (nSPS) is 21.8. The zero-order chi connectivity index (χ0) is 15.0. The Labute approximate surface area is 120 Å². The van der Waals surface area contributed by atoms with Crippen LogP contribution in [0.25, 0.3) is 0 Å². The number of carbonyl (C=O) groups excluding carboxylic acids is 2. The van der Waals surface area contributed by atoms with Crippen LogP contribution in [0.5, 0.6) is 0 Å². The van der Waals surface area contributed by atoms with E-state index in [2.05, 4.69) is 10.6 Å². The Morgan fingerprint density at radius 3 is 2.80 bits per heavy atom. The van der Waals surface area contributed by atoms with E-state index in [0.29, 0.717) is 26.4 Å². The van der Waals surface area contributed by atoms with Crippen LogP contribution in [0.1, 0.15) is 6.92 Å². The van der Waals surface area contributed by atoms with Crippen LogP contribution in [0, 0.1) is 5.92 Å². The van der Waals surface area contributed by atoms with Crippen molar-refractivity contribution in [3.8, 4) is 0 Å². The molecule has 0 aromatic rings. The van der Waals surface area contributed by atoms with Crippen LogP contribution in [0.15, 0.2) is 0 Å². The number of hydrogen-bond acceptors (Lipinski definition) is 5. The van der Waals surface area contributed by atoms with Crippen molar-refractivity contribution in [3.63, 3.8) is 0 Å². The van der Waals surface area contributed by atoms with E-state index in [9.17, 15) is 9.59 Å². The van der Waals surface area contributed by atoms with E-state index in [0.717, 1.165) is 6.54 Å². The van der Waals surface area contributed by atoms with Crippen LogP contribution in [0.4, 0.5) is 0 Å². The minimum atomic E-state index is -0.216. The highest BCUT2D eigenvalue weighted by molar-refractivity contribution is 5.86. The highest BCUT2D eigenvalue weighted by atomic mass is 16.5. The number of nitrogens with zero attached hydrogens (tertiary/aromatic N) is 1. The lowest BCUT2D eigenvalue weighted by atomic mass is 10.0. The molecular weight excluding hydrogens is 262 g/mol. The van der Waals surface area contributed by atoms with Gasteiger partial charge in [0.1, 0.15) is 0 Å². The summed E-state index contributed by atoms with van der Waals surface area (Å²) in [5, 5.41) is 5.93. The molecule has 2 N–H and O–H groups in total. The Morgan fingerprint density at radius 2 is 2.15 bits per heavy atom. The largest absolute Gasteiger partial charge is 0.383 e. The fourth-order valence-electron chi connectivity index (χ4n) is 2.19. The van der Waals surface area contributed by atoms with Gasteiger partial charge in [-0.05, 0) is 6.54 Å². The smallest absolute Gasteiger partial charge is 0.239 e. The molecule has 2 amide bonds. The number of methoxy groups -OCH3 is 1. The maximum Gasteiger partial charge on any atom is 0.239 e. The van der Waals surface area contributed by atoms with Crippen molar-refractivity contribution in [1.82, 2.24) is 15.5 Å². The van der Waals surface area contributed by atoms with Gasteiger partial charge < -0.3 is 25.0 Å². The molecule has 1 aliphatic heterocycles. The Kier molecular flexibility index (Phi) is 7.50. The minimum Gasteiger partial charge on any atom is -0.383 e. The van der Waals surface area contributed by atoms with Crippen molar-refractivity contribution in [2.24, 2.45) is 5.92 Å². The molecule has 2 atom stereocenters.